The van der Waals surface area contributed by atoms with Crippen molar-refractivity contribution in [2.24, 2.45) is 0 Å². The summed E-state index contributed by atoms with van der Waals surface area (Å²) in [5, 5.41) is 10.2. The lowest BCUT2D eigenvalue weighted by molar-refractivity contribution is -0.0650. The van der Waals surface area contributed by atoms with Gasteiger partial charge in [-0.2, -0.15) is 0 Å². The van der Waals surface area contributed by atoms with Crippen LogP contribution in [0.3, 0.4) is 0 Å². The van der Waals surface area contributed by atoms with Crippen molar-refractivity contribution in [2.75, 3.05) is 33.1 Å². The van der Waals surface area contributed by atoms with Crippen molar-refractivity contribution in [2.45, 2.75) is 32.1 Å². The highest BCUT2D eigenvalue weighted by molar-refractivity contribution is 5.46. The molecule has 3 rings (SSSR count). The lowest BCUT2D eigenvalue weighted by atomic mass is 10.2. The first-order chi connectivity index (χ1) is 10.6. The van der Waals surface area contributed by atoms with Crippen LogP contribution in [0.2, 0.25) is 0 Å². The van der Waals surface area contributed by atoms with E-state index in [9.17, 15) is 5.11 Å². The van der Waals surface area contributed by atoms with Crippen LogP contribution in [-0.2, 0) is 4.74 Å². The van der Waals surface area contributed by atoms with Crippen LogP contribution in [0.25, 0.3) is 0 Å². The maximum atomic E-state index is 10.2. The van der Waals surface area contributed by atoms with Gasteiger partial charge in [0, 0.05) is 25.2 Å². The summed E-state index contributed by atoms with van der Waals surface area (Å²) in [6.45, 7) is 6.77. The Morgan fingerprint density at radius 1 is 1.32 bits per heavy atom. The van der Waals surface area contributed by atoms with E-state index < -0.39 is 6.10 Å². The molecule has 0 aromatic heterocycles. The van der Waals surface area contributed by atoms with Crippen molar-refractivity contribution in [1.82, 2.24) is 4.90 Å². The first-order valence-corrected chi connectivity index (χ1v) is 7.68. The van der Waals surface area contributed by atoms with Gasteiger partial charge < -0.3 is 24.1 Å². The largest absolute Gasteiger partial charge is 0.491 e. The van der Waals surface area contributed by atoms with Gasteiger partial charge in [0.25, 0.3) is 0 Å². The quantitative estimate of drug-likeness (QED) is 0.884. The van der Waals surface area contributed by atoms with Crippen molar-refractivity contribution in [3.63, 3.8) is 0 Å². The van der Waals surface area contributed by atoms with E-state index in [4.69, 9.17) is 18.9 Å². The van der Waals surface area contributed by atoms with Gasteiger partial charge in [-0.1, -0.05) is 0 Å². The normalized spacial score (nSPS) is 26.0. The monoisotopic (exact) mass is 309 g/mol. The fourth-order valence-electron chi connectivity index (χ4n) is 2.71. The highest BCUT2D eigenvalue weighted by Crippen LogP contribution is 2.35. The summed E-state index contributed by atoms with van der Waals surface area (Å²) in [5.74, 6) is 2.08. The summed E-state index contributed by atoms with van der Waals surface area (Å²) < 4.78 is 21.8. The summed E-state index contributed by atoms with van der Waals surface area (Å²) in [6, 6.07) is 5.74. The van der Waals surface area contributed by atoms with E-state index in [-0.39, 0.29) is 19.5 Å². The molecule has 1 saturated heterocycles. The van der Waals surface area contributed by atoms with Crippen LogP contribution in [0.5, 0.6) is 17.2 Å². The molecule has 1 aromatic carbocycles. The zero-order chi connectivity index (χ0) is 15.5. The Labute approximate surface area is 130 Å². The summed E-state index contributed by atoms with van der Waals surface area (Å²) in [7, 11) is 0. The number of ether oxygens (including phenoxy) is 4. The van der Waals surface area contributed by atoms with Crippen LogP contribution in [0.15, 0.2) is 18.2 Å². The van der Waals surface area contributed by atoms with Gasteiger partial charge in [0.05, 0.1) is 12.7 Å². The average molecular weight is 309 g/mol. The number of aliphatic hydroxyl groups is 1. The van der Waals surface area contributed by atoms with E-state index in [2.05, 4.69) is 11.8 Å². The Bertz CT molecular complexity index is 509. The molecule has 0 spiro atoms. The minimum absolute atomic E-state index is 0.207. The van der Waals surface area contributed by atoms with Gasteiger partial charge in [0.1, 0.15) is 18.5 Å². The highest BCUT2D eigenvalue weighted by atomic mass is 16.7. The van der Waals surface area contributed by atoms with E-state index in [0.29, 0.717) is 30.7 Å². The van der Waals surface area contributed by atoms with E-state index in [1.807, 2.05) is 19.1 Å². The van der Waals surface area contributed by atoms with E-state index >= 15 is 0 Å². The Morgan fingerprint density at radius 3 is 3.00 bits per heavy atom. The standard InChI is InChI=1S/C16H23NO5/c1-11-8-19-12(2)6-17(11)7-13(18)9-20-14-3-4-15-16(5-14)22-10-21-15/h3-5,11-13,18H,6-10H2,1-2H3/t11-,12+,13-/m0/s1. The zero-order valence-electron chi connectivity index (χ0n) is 13.0. The van der Waals surface area contributed by atoms with Gasteiger partial charge >= 0.3 is 0 Å². The van der Waals surface area contributed by atoms with Crippen LogP contribution in [-0.4, -0.2) is 61.4 Å². The number of aliphatic hydroxyl groups excluding tert-OH is 1. The molecule has 122 valence electrons. The van der Waals surface area contributed by atoms with Crippen LogP contribution < -0.4 is 14.2 Å². The Morgan fingerprint density at radius 2 is 2.14 bits per heavy atom. The molecule has 2 aliphatic rings. The third kappa shape index (κ3) is 3.63. The molecule has 22 heavy (non-hydrogen) atoms. The molecule has 1 N–H and O–H groups in total. The van der Waals surface area contributed by atoms with Crippen molar-refractivity contribution in [3.8, 4) is 17.2 Å². The minimum atomic E-state index is -0.543. The predicted molar refractivity (Wildman–Crippen MR) is 80.5 cm³/mol. The Kier molecular flexibility index (Phi) is 4.71. The lowest BCUT2D eigenvalue weighted by Gasteiger charge is -2.37. The topological polar surface area (TPSA) is 60.4 Å². The average Bonchev–Trinajstić information content (AvgIpc) is 2.96. The second-order valence-electron chi connectivity index (χ2n) is 5.93. The molecule has 0 amide bonds. The maximum Gasteiger partial charge on any atom is 0.231 e. The third-order valence-corrected chi connectivity index (χ3v) is 3.97. The van der Waals surface area contributed by atoms with Gasteiger partial charge in [0.2, 0.25) is 6.79 Å². The van der Waals surface area contributed by atoms with Gasteiger partial charge in [-0.05, 0) is 26.0 Å². The minimum Gasteiger partial charge on any atom is -0.491 e. The van der Waals surface area contributed by atoms with Gasteiger partial charge in [0.15, 0.2) is 11.5 Å². The molecule has 0 saturated carbocycles. The van der Waals surface area contributed by atoms with Crippen LogP contribution in [0.4, 0.5) is 0 Å². The molecule has 3 atom stereocenters. The lowest BCUT2D eigenvalue weighted by Crippen LogP contribution is -2.50. The molecule has 1 aromatic rings. The second-order valence-corrected chi connectivity index (χ2v) is 5.93. The first kappa shape index (κ1) is 15.4. The Balaban J connectivity index is 1.48. The summed E-state index contributed by atoms with van der Waals surface area (Å²) in [4.78, 5) is 2.24. The molecular formula is C16H23NO5. The SMILES string of the molecule is C[C@@H]1CN(C[C@H](O)COc2ccc3c(c2)OCO3)[C@@H](C)CO1. The second kappa shape index (κ2) is 6.73. The molecule has 0 bridgehead atoms. The summed E-state index contributed by atoms with van der Waals surface area (Å²) in [5.41, 5.74) is 0. The van der Waals surface area contributed by atoms with Crippen molar-refractivity contribution < 1.29 is 24.1 Å². The summed E-state index contributed by atoms with van der Waals surface area (Å²) in [6.07, 6.45) is -0.337. The number of morpholine rings is 1. The molecule has 0 aliphatic carbocycles. The molecular weight excluding hydrogens is 286 g/mol. The number of hydrogen-bond acceptors (Lipinski definition) is 6. The van der Waals surface area contributed by atoms with Crippen molar-refractivity contribution >= 4 is 0 Å². The van der Waals surface area contributed by atoms with Crippen LogP contribution in [0, 0.1) is 0 Å². The van der Waals surface area contributed by atoms with E-state index in [0.717, 1.165) is 12.3 Å². The van der Waals surface area contributed by atoms with Gasteiger partial charge in [-0.3, -0.25) is 4.90 Å². The predicted octanol–water partition coefficient (Wildman–Crippen LogP) is 1.26. The van der Waals surface area contributed by atoms with E-state index in [1.165, 1.54) is 0 Å². The Hall–Kier alpha value is -1.50. The number of nitrogens with zero attached hydrogens (tertiary/aromatic N) is 1. The van der Waals surface area contributed by atoms with Crippen LogP contribution >= 0.6 is 0 Å². The molecule has 6 heteroatoms. The zero-order valence-corrected chi connectivity index (χ0v) is 13.0. The van der Waals surface area contributed by atoms with Gasteiger partial charge in [-0.25, -0.2) is 0 Å². The highest BCUT2D eigenvalue weighted by Gasteiger charge is 2.25. The molecule has 1 fully saturated rings. The fourth-order valence-corrected chi connectivity index (χ4v) is 2.71. The third-order valence-electron chi connectivity index (χ3n) is 3.97. The van der Waals surface area contributed by atoms with Crippen molar-refractivity contribution in [1.29, 1.82) is 0 Å². The molecule has 0 unspecified atom stereocenters. The molecule has 2 aliphatic heterocycles. The van der Waals surface area contributed by atoms with Crippen LogP contribution in [0.1, 0.15) is 13.8 Å². The number of hydrogen-bond donors (Lipinski definition) is 1. The number of β-amino-alcohol motifs (C(OH)–C–C–N with tert-alkyl or cyclic N) is 1. The van der Waals surface area contributed by atoms with Gasteiger partial charge in [-0.15, -0.1) is 0 Å². The molecule has 0 radical (unpaired) electrons. The number of rotatable bonds is 5. The first-order valence-electron chi connectivity index (χ1n) is 7.68. The van der Waals surface area contributed by atoms with E-state index in [1.54, 1.807) is 6.07 Å². The smallest absolute Gasteiger partial charge is 0.231 e. The van der Waals surface area contributed by atoms with Crippen molar-refractivity contribution in [3.05, 3.63) is 18.2 Å². The number of benzene rings is 1. The molecule has 2 heterocycles. The fraction of sp³-hybridized carbons (Fsp3) is 0.625. The maximum absolute atomic E-state index is 10.2. The number of fused-ring (bicyclic) bond motifs is 1. The summed E-state index contributed by atoms with van der Waals surface area (Å²) >= 11 is 0. The molecule has 6 nitrogen and oxygen atoms in total.